The third-order valence-electron chi connectivity index (χ3n) is 3.74. The molecule has 1 atom stereocenters. The van der Waals surface area contributed by atoms with Gasteiger partial charge in [0.2, 0.25) is 0 Å². The molecule has 0 aliphatic carbocycles. The molecule has 20 heavy (non-hydrogen) atoms. The molecule has 0 bridgehead atoms. The van der Waals surface area contributed by atoms with Gasteiger partial charge in [0.15, 0.2) is 0 Å². The molecule has 0 aliphatic rings. The first kappa shape index (κ1) is 19.7. The van der Waals surface area contributed by atoms with Crippen LogP contribution in [0, 0.1) is 0 Å². The lowest BCUT2D eigenvalue weighted by Gasteiger charge is -2.08. The third-order valence-corrected chi connectivity index (χ3v) is 3.74. The van der Waals surface area contributed by atoms with Gasteiger partial charge in [-0.2, -0.15) is 0 Å². The lowest BCUT2D eigenvalue weighted by molar-refractivity contribution is 0.138. The number of aliphatic hydroxyl groups is 2. The Morgan fingerprint density at radius 1 is 0.750 bits per heavy atom. The quantitative estimate of drug-likeness (QED) is 0.328. The van der Waals surface area contributed by atoms with Gasteiger partial charge in [0.25, 0.3) is 0 Å². The van der Waals surface area contributed by atoms with Crippen LogP contribution in [0.4, 0.5) is 0 Å². The Hall–Kier alpha value is -0.340. The van der Waals surface area contributed by atoms with Gasteiger partial charge in [-0.3, -0.25) is 0 Å². The van der Waals surface area contributed by atoms with Crippen LogP contribution in [-0.2, 0) is 0 Å². The van der Waals surface area contributed by atoms with Gasteiger partial charge in [0.1, 0.15) is 0 Å². The number of hydrogen-bond acceptors (Lipinski definition) is 2. The number of allylic oxidation sites excluding steroid dienone is 2. The summed E-state index contributed by atoms with van der Waals surface area (Å²) in [6.45, 7) is 2.45. The van der Waals surface area contributed by atoms with Gasteiger partial charge in [0.05, 0.1) is 6.10 Å². The summed E-state index contributed by atoms with van der Waals surface area (Å²) < 4.78 is 0. The van der Waals surface area contributed by atoms with Gasteiger partial charge >= 0.3 is 0 Å². The van der Waals surface area contributed by atoms with Crippen molar-refractivity contribution < 1.29 is 10.2 Å². The minimum atomic E-state index is -0.214. The van der Waals surface area contributed by atoms with E-state index >= 15 is 0 Å². The highest BCUT2D eigenvalue weighted by atomic mass is 16.3. The van der Waals surface area contributed by atoms with E-state index < -0.39 is 0 Å². The molecule has 1 unspecified atom stereocenters. The van der Waals surface area contributed by atoms with Crippen molar-refractivity contribution in [1.82, 2.24) is 0 Å². The minimum Gasteiger partial charge on any atom is -0.396 e. The SMILES string of the molecule is CCCCCCCCC=CCCCCC(O)CCCO. The first-order valence-electron chi connectivity index (χ1n) is 8.75. The van der Waals surface area contributed by atoms with Crippen molar-refractivity contribution in [2.45, 2.75) is 96.5 Å². The van der Waals surface area contributed by atoms with Crippen LogP contribution in [-0.4, -0.2) is 22.9 Å². The largest absolute Gasteiger partial charge is 0.396 e. The second-order valence-electron chi connectivity index (χ2n) is 5.83. The summed E-state index contributed by atoms with van der Waals surface area (Å²) in [6, 6.07) is 0. The Bertz CT molecular complexity index is 202. The first-order valence-corrected chi connectivity index (χ1v) is 8.75. The summed E-state index contributed by atoms with van der Waals surface area (Å²) in [6.07, 6.45) is 19.6. The highest BCUT2D eigenvalue weighted by molar-refractivity contribution is 4.81. The van der Waals surface area contributed by atoms with E-state index in [0.717, 1.165) is 32.1 Å². The van der Waals surface area contributed by atoms with Gasteiger partial charge in [-0.1, -0.05) is 57.6 Å². The molecule has 0 aromatic rings. The van der Waals surface area contributed by atoms with Crippen LogP contribution in [0.1, 0.15) is 90.4 Å². The molecule has 0 saturated heterocycles. The van der Waals surface area contributed by atoms with Crippen LogP contribution in [0.15, 0.2) is 12.2 Å². The van der Waals surface area contributed by atoms with Gasteiger partial charge in [-0.05, 0) is 44.9 Å². The van der Waals surface area contributed by atoms with E-state index in [9.17, 15) is 5.11 Å². The average Bonchev–Trinajstić information content (AvgIpc) is 2.46. The van der Waals surface area contributed by atoms with E-state index in [1.807, 2.05) is 0 Å². The third kappa shape index (κ3) is 15.7. The molecular weight excluding hydrogens is 248 g/mol. The van der Waals surface area contributed by atoms with Crippen LogP contribution >= 0.6 is 0 Å². The van der Waals surface area contributed by atoms with Gasteiger partial charge in [0, 0.05) is 6.61 Å². The van der Waals surface area contributed by atoms with Crippen LogP contribution in [0.3, 0.4) is 0 Å². The van der Waals surface area contributed by atoms with Gasteiger partial charge < -0.3 is 10.2 Å². The first-order chi connectivity index (χ1) is 9.81. The van der Waals surface area contributed by atoms with Crippen LogP contribution in [0.5, 0.6) is 0 Å². The number of aliphatic hydroxyl groups excluding tert-OH is 2. The fourth-order valence-electron chi connectivity index (χ4n) is 2.39. The van der Waals surface area contributed by atoms with Crippen molar-refractivity contribution in [2.75, 3.05) is 6.61 Å². The summed E-state index contributed by atoms with van der Waals surface area (Å²) in [5.74, 6) is 0. The Kier molecular flexibility index (Phi) is 16.4. The van der Waals surface area contributed by atoms with E-state index in [4.69, 9.17) is 5.11 Å². The van der Waals surface area contributed by atoms with Crippen molar-refractivity contribution in [3.05, 3.63) is 12.2 Å². The predicted molar refractivity (Wildman–Crippen MR) is 87.9 cm³/mol. The molecule has 120 valence electrons. The maximum Gasteiger partial charge on any atom is 0.0541 e. The Balaban J connectivity index is 3.15. The maximum atomic E-state index is 9.61. The Labute approximate surface area is 126 Å². The van der Waals surface area contributed by atoms with E-state index in [1.165, 1.54) is 51.4 Å². The Morgan fingerprint density at radius 2 is 1.30 bits per heavy atom. The standard InChI is InChI=1S/C18H36O2/c1-2-3-4-5-6-7-8-9-10-11-12-13-15-18(20)16-14-17-19/h9-10,18-20H,2-8,11-17H2,1H3. The van der Waals surface area contributed by atoms with E-state index in [2.05, 4.69) is 19.1 Å². The molecule has 0 rings (SSSR count). The van der Waals surface area contributed by atoms with Crippen molar-refractivity contribution in [2.24, 2.45) is 0 Å². The summed E-state index contributed by atoms with van der Waals surface area (Å²) >= 11 is 0. The monoisotopic (exact) mass is 284 g/mol. The molecule has 0 aromatic carbocycles. The number of hydrogen-bond donors (Lipinski definition) is 2. The number of rotatable bonds is 15. The van der Waals surface area contributed by atoms with E-state index in [0.29, 0.717) is 0 Å². The molecule has 0 radical (unpaired) electrons. The van der Waals surface area contributed by atoms with Crippen LogP contribution in [0.25, 0.3) is 0 Å². The normalized spacial score (nSPS) is 13.2. The fraction of sp³-hybridized carbons (Fsp3) is 0.889. The maximum absolute atomic E-state index is 9.61. The summed E-state index contributed by atoms with van der Waals surface area (Å²) in [7, 11) is 0. The van der Waals surface area contributed by atoms with Crippen molar-refractivity contribution in [3.63, 3.8) is 0 Å². The Morgan fingerprint density at radius 3 is 1.95 bits per heavy atom. The summed E-state index contributed by atoms with van der Waals surface area (Å²) in [5, 5.41) is 18.3. The lowest BCUT2D eigenvalue weighted by atomic mass is 10.1. The predicted octanol–water partition coefficient (Wildman–Crippen LogP) is 4.99. The fourth-order valence-corrected chi connectivity index (χ4v) is 2.39. The highest BCUT2D eigenvalue weighted by Crippen LogP contribution is 2.10. The zero-order valence-corrected chi connectivity index (χ0v) is 13.5. The number of unbranched alkanes of at least 4 members (excludes halogenated alkanes) is 8. The van der Waals surface area contributed by atoms with Crippen molar-refractivity contribution in [1.29, 1.82) is 0 Å². The minimum absolute atomic E-state index is 0.193. The van der Waals surface area contributed by atoms with Gasteiger partial charge in [-0.15, -0.1) is 0 Å². The molecule has 2 heteroatoms. The molecule has 0 aromatic heterocycles. The van der Waals surface area contributed by atoms with Crippen molar-refractivity contribution in [3.8, 4) is 0 Å². The molecule has 0 fully saturated rings. The zero-order chi connectivity index (χ0) is 14.9. The molecule has 0 heterocycles. The van der Waals surface area contributed by atoms with Crippen molar-refractivity contribution >= 4 is 0 Å². The lowest BCUT2D eigenvalue weighted by Crippen LogP contribution is -2.06. The molecule has 0 saturated carbocycles. The second kappa shape index (κ2) is 16.7. The summed E-state index contributed by atoms with van der Waals surface area (Å²) in [4.78, 5) is 0. The molecular formula is C18H36O2. The van der Waals surface area contributed by atoms with Crippen LogP contribution < -0.4 is 0 Å². The molecule has 2 nitrogen and oxygen atoms in total. The summed E-state index contributed by atoms with van der Waals surface area (Å²) in [5.41, 5.74) is 0. The highest BCUT2D eigenvalue weighted by Gasteiger charge is 2.02. The smallest absolute Gasteiger partial charge is 0.0541 e. The van der Waals surface area contributed by atoms with E-state index in [1.54, 1.807) is 0 Å². The molecule has 0 aliphatic heterocycles. The molecule has 2 N–H and O–H groups in total. The molecule has 0 amide bonds. The molecule has 0 spiro atoms. The van der Waals surface area contributed by atoms with E-state index in [-0.39, 0.29) is 12.7 Å². The zero-order valence-electron chi connectivity index (χ0n) is 13.5. The second-order valence-corrected chi connectivity index (χ2v) is 5.83. The topological polar surface area (TPSA) is 40.5 Å². The van der Waals surface area contributed by atoms with Crippen LogP contribution in [0.2, 0.25) is 0 Å². The average molecular weight is 284 g/mol. The van der Waals surface area contributed by atoms with Gasteiger partial charge in [-0.25, -0.2) is 0 Å².